The van der Waals surface area contributed by atoms with Gasteiger partial charge in [0.1, 0.15) is 5.82 Å². The van der Waals surface area contributed by atoms with Crippen LogP contribution >= 0.6 is 0 Å². The molecule has 24 heavy (non-hydrogen) atoms. The van der Waals surface area contributed by atoms with E-state index in [1.54, 1.807) is 29.2 Å². The summed E-state index contributed by atoms with van der Waals surface area (Å²) in [5.74, 6) is -0.392. The van der Waals surface area contributed by atoms with Crippen LogP contribution < -0.4 is 10.2 Å². The molecular weight excluding hydrogens is 313 g/mol. The maximum atomic E-state index is 13.5. The van der Waals surface area contributed by atoms with Crippen LogP contribution in [0.4, 0.5) is 15.9 Å². The second-order valence-corrected chi connectivity index (χ2v) is 5.34. The number of nitrogens with one attached hydrogen (secondary N) is 1. The fourth-order valence-electron chi connectivity index (χ4n) is 2.42. The quantitative estimate of drug-likeness (QED) is 0.851. The number of aromatic nitrogens is 2. The van der Waals surface area contributed by atoms with Crippen molar-refractivity contribution in [3.63, 3.8) is 0 Å². The lowest BCUT2D eigenvalue weighted by molar-refractivity contribution is -0.118. The molecule has 0 spiro atoms. The molecule has 0 radical (unpaired) electrons. The van der Waals surface area contributed by atoms with Crippen LogP contribution in [-0.2, 0) is 4.79 Å². The molecule has 2 amide bonds. The summed E-state index contributed by atoms with van der Waals surface area (Å²) in [6, 6.07) is 9.16. The number of piperazine rings is 1. The summed E-state index contributed by atoms with van der Waals surface area (Å²) >= 11 is 0. The van der Waals surface area contributed by atoms with Crippen molar-refractivity contribution in [2.75, 3.05) is 36.4 Å². The van der Waals surface area contributed by atoms with E-state index in [0.29, 0.717) is 32.0 Å². The van der Waals surface area contributed by atoms with Gasteiger partial charge < -0.3 is 15.1 Å². The number of amides is 2. The zero-order chi connectivity index (χ0) is 16.9. The van der Waals surface area contributed by atoms with E-state index in [0.717, 1.165) is 6.41 Å². The van der Waals surface area contributed by atoms with Crippen LogP contribution in [0, 0.1) is 5.82 Å². The standard InChI is InChI=1S/C16H16FN5O2/c17-12-3-1-2-4-13(12)18-16(24)14-5-6-15(20-19-14)22-9-7-21(11-23)8-10-22/h1-6,11H,7-10H2,(H,18,24). The SMILES string of the molecule is O=CN1CCN(c2ccc(C(=O)Nc3ccccc3F)nn2)CC1. The Hall–Kier alpha value is -3.03. The van der Waals surface area contributed by atoms with Gasteiger partial charge in [0.25, 0.3) is 5.91 Å². The first-order valence-electron chi connectivity index (χ1n) is 7.51. The number of hydrogen-bond acceptors (Lipinski definition) is 5. The van der Waals surface area contributed by atoms with E-state index in [1.807, 2.05) is 4.90 Å². The van der Waals surface area contributed by atoms with Crippen LogP contribution in [0.25, 0.3) is 0 Å². The molecule has 1 saturated heterocycles. The summed E-state index contributed by atoms with van der Waals surface area (Å²) in [6.07, 6.45) is 0.833. The fourth-order valence-corrected chi connectivity index (χ4v) is 2.42. The minimum atomic E-state index is -0.523. The highest BCUT2D eigenvalue weighted by molar-refractivity contribution is 6.02. The average Bonchev–Trinajstić information content (AvgIpc) is 2.64. The van der Waals surface area contributed by atoms with E-state index in [2.05, 4.69) is 15.5 Å². The zero-order valence-corrected chi connectivity index (χ0v) is 12.9. The molecule has 0 atom stereocenters. The predicted octanol–water partition coefficient (Wildman–Crippen LogP) is 1.15. The second-order valence-electron chi connectivity index (χ2n) is 5.34. The van der Waals surface area contributed by atoms with Crippen LogP contribution in [0.15, 0.2) is 36.4 Å². The molecule has 3 rings (SSSR count). The fraction of sp³-hybridized carbons (Fsp3) is 0.250. The van der Waals surface area contributed by atoms with E-state index in [9.17, 15) is 14.0 Å². The Kier molecular flexibility index (Phi) is 4.64. The number of nitrogens with zero attached hydrogens (tertiary/aromatic N) is 4. The molecule has 1 fully saturated rings. The van der Waals surface area contributed by atoms with E-state index >= 15 is 0 Å². The maximum absolute atomic E-state index is 13.5. The first kappa shape index (κ1) is 15.9. The monoisotopic (exact) mass is 329 g/mol. The van der Waals surface area contributed by atoms with Crippen molar-refractivity contribution >= 4 is 23.8 Å². The third-order valence-electron chi connectivity index (χ3n) is 3.79. The molecular formula is C16H16FN5O2. The Bertz CT molecular complexity index is 730. The van der Waals surface area contributed by atoms with Crippen molar-refractivity contribution in [3.8, 4) is 0 Å². The summed E-state index contributed by atoms with van der Waals surface area (Å²) in [5, 5.41) is 10.4. The number of benzene rings is 1. The normalized spacial score (nSPS) is 14.4. The van der Waals surface area contributed by atoms with Crippen LogP contribution in [0.5, 0.6) is 0 Å². The Labute approximate surface area is 138 Å². The molecule has 1 N–H and O–H groups in total. The highest BCUT2D eigenvalue weighted by Crippen LogP contribution is 2.15. The molecule has 2 aromatic rings. The van der Waals surface area contributed by atoms with Gasteiger partial charge >= 0.3 is 0 Å². The van der Waals surface area contributed by atoms with Gasteiger partial charge in [0.15, 0.2) is 11.5 Å². The highest BCUT2D eigenvalue weighted by atomic mass is 19.1. The minimum absolute atomic E-state index is 0.0957. The van der Waals surface area contributed by atoms with Gasteiger partial charge in [-0.1, -0.05) is 12.1 Å². The lowest BCUT2D eigenvalue weighted by Gasteiger charge is -2.32. The topological polar surface area (TPSA) is 78.4 Å². The molecule has 1 aliphatic rings. The molecule has 0 saturated carbocycles. The van der Waals surface area contributed by atoms with Gasteiger partial charge in [0.05, 0.1) is 5.69 Å². The number of hydrogen-bond donors (Lipinski definition) is 1. The zero-order valence-electron chi connectivity index (χ0n) is 12.9. The first-order chi connectivity index (χ1) is 11.7. The highest BCUT2D eigenvalue weighted by Gasteiger charge is 2.18. The summed E-state index contributed by atoms with van der Waals surface area (Å²) < 4.78 is 13.5. The lowest BCUT2D eigenvalue weighted by atomic mass is 10.2. The van der Waals surface area contributed by atoms with Gasteiger partial charge in [-0.3, -0.25) is 9.59 Å². The summed E-state index contributed by atoms with van der Waals surface area (Å²) in [4.78, 5) is 26.5. The maximum Gasteiger partial charge on any atom is 0.276 e. The van der Waals surface area contributed by atoms with E-state index in [4.69, 9.17) is 0 Å². The Morgan fingerprint density at radius 1 is 1.08 bits per heavy atom. The van der Waals surface area contributed by atoms with Crippen molar-refractivity contribution in [3.05, 3.63) is 47.9 Å². The van der Waals surface area contributed by atoms with Gasteiger partial charge in [0.2, 0.25) is 6.41 Å². The van der Waals surface area contributed by atoms with Gasteiger partial charge in [0, 0.05) is 26.2 Å². The minimum Gasteiger partial charge on any atom is -0.352 e. The number of carbonyl (C=O) groups excluding carboxylic acids is 2. The lowest BCUT2D eigenvalue weighted by Crippen LogP contribution is -2.46. The third-order valence-corrected chi connectivity index (χ3v) is 3.79. The van der Waals surface area contributed by atoms with Crippen molar-refractivity contribution < 1.29 is 14.0 Å². The van der Waals surface area contributed by atoms with Crippen LogP contribution in [0.1, 0.15) is 10.5 Å². The van der Waals surface area contributed by atoms with Gasteiger partial charge in [-0.15, -0.1) is 10.2 Å². The number of carbonyl (C=O) groups is 2. The Morgan fingerprint density at radius 2 is 1.83 bits per heavy atom. The third kappa shape index (κ3) is 3.48. The molecule has 1 aromatic carbocycles. The van der Waals surface area contributed by atoms with Crippen LogP contribution in [0.3, 0.4) is 0 Å². The summed E-state index contributed by atoms with van der Waals surface area (Å²) in [5.41, 5.74) is 0.201. The number of anilines is 2. The van der Waals surface area contributed by atoms with Crippen LogP contribution in [0.2, 0.25) is 0 Å². The first-order valence-corrected chi connectivity index (χ1v) is 7.51. The second kappa shape index (κ2) is 7.03. The van der Waals surface area contributed by atoms with E-state index in [1.165, 1.54) is 12.1 Å². The Balaban J connectivity index is 1.65. The van der Waals surface area contributed by atoms with E-state index < -0.39 is 11.7 Å². The molecule has 1 aromatic heterocycles. The number of para-hydroxylation sites is 1. The number of halogens is 1. The van der Waals surface area contributed by atoms with E-state index in [-0.39, 0.29) is 11.4 Å². The number of rotatable bonds is 4. The smallest absolute Gasteiger partial charge is 0.276 e. The molecule has 7 nitrogen and oxygen atoms in total. The molecule has 2 heterocycles. The molecule has 0 unspecified atom stereocenters. The van der Waals surface area contributed by atoms with Crippen molar-refractivity contribution in [1.82, 2.24) is 15.1 Å². The largest absolute Gasteiger partial charge is 0.352 e. The molecule has 8 heteroatoms. The van der Waals surface area contributed by atoms with Gasteiger partial charge in [-0.05, 0) is 24.3 Å². The van der Waals surface area contributed by atoms with Gasteiger partial charge in [-0.25, -0.2) is 4.39 Å². The average molecular weight is 329 g/mol. The summed E-state index contributed by atoms with van der Waals surface area (Å²) in [7, 11) is 0. The Morgan fingerprint density at radius 3 is 2.46 bits per heavy atom. The van der Waals surface area contributed by atoms with Crippen molar-refractivity contribution in [2.45, 2.75) is 0 Å². The molecule has 124 valence electrons. The van der Waals surface area contributed by atoms with Crippen molar-refractivity contribution in [2.24, 2.45) is 0 Å². The van der Waals surface area contributed by atoms with Crippen molar-refractivity contribution in [1.29, 1.82) is 0 Å². The predicted molar refractivity (Wildman–Crippen MR) is 86.2 cm³/mol. The molecule has 0 aliphatic carbocycles. The van der Waals surface area contributed by atoms with Crippen LogP contribution in [-0.4, -0.2) is 53.6 Å². The molecule has 1 aliphatic heterocycles. The molecule has 0 bridgehead atoms. The summed E-state index contributed by atoms with van der Waals surface area (Å²) in [6.45, 7) is 2.57. The van der Waals surface area contributed by atoms with Gasteiger partial charge in [-0.2, -0.15) is 0 Å².